The van der Waals surface area contributed by atoms with E-state index in [2.05, 4.69) is 30.4 Å². The quantitative estimate of drug-likeness (QED) is 0.451. The van der Waals surface area contributed by atoms with E-state index in [4.69, 9.17) is 0 Å². The molecular formula is C3H8NNaO2S2. The van der Waals surface area contributed by atoms with Crippen LogP contribution in [0, 0.1) is 0 Å². The molecule has 0 rings (SSSR count). The zero-order valence-corrected chi connectivity index (χ0v) is 6.15. The van der Waals surface area contributed by atoms with E-state index in [9.17, 15) is 4.79 Å². The van der Waals surface area contributed by atoms with Crippen LogP contribution in [-0.4, -0.2) is 46.0 Å². The monoisotopic (exact) mass is 177 g/mol. The van der Waals surface area contributed by atoms with E-state index in [1.807, 2.05) is 0 Å². The molecule has 1 amide bonds. The first-order chi connectivity index (χ1) is 3.68. The molecule has 3 nitrogen and oxygen atoms in total. The molecule has 0 radical (unpaired) electrons. The van der Waals surface area contributed by atoms with Gasteiger partial charge in [0.25, 0.3) is 0 Å². The van der Waals surface area contributed by atoms with E-state index in [-0.39, 0.29) is 29.6 Å². The summed E-state index contributed by atoms with van der Waals surface area (Å²) in [6, 6.07) is 0. The molecule has 50 valence electrons. The van der Waals surface area contributed by atoms with Gasteiger partial charge in [-0.15, -0.1) is 0 Å². The Morgan fingerprint density at radius 3 is 2.22 bits per heavy atom. The second kappa shape index (κ2) is 7.08. The molecule has 0 spiro atoms. The SMILES string of the molecule is CCOC(=O)N(S)S.[NaH]. The average molecular weight is 177 g/mol. The van der Waals surface area contributed by atoms with Crippen LogP contribution in [0.2, 0.25) is 0 Å². The van der Waals surface area contributed by atoms with Crippen molar-refractivity contribution >= 4 is 61.3 Å². The third-order valence-electron chi connectivity index (χ3n) is 0.431. The van der Waals surface area contributed by atoms with E-state index in [1.54, 1.807) is 6.92 Å². The van der Waals surface area contributed by atoms with Gasteiger partial charge in [0.15, 0.2) is 0 Å². The zero-order valence-electron chi connectivity index (χ0n) is 4.37. The third kappa shape index (κ3) is 6.86. The topological polar surface area (TPSA) is 29.5 Å². The Kier molecular flexibility index (Phi) is 9.94. The molecule has 0 aliphatic rings. The van der Waals surface area contributed by atoms with E-state index >= 15 is 0 Å². The van der Waals surface area contributed by atoms with Gasteiger partial charge in [-0.1, -0.05) is 0 Å². The Morgan fingerprint density at radius 1 is 1.67 bits per heavy atom. The van der Waals surface area contributed by atoms with Crippen LogP contribution in [0.1, 0.15) is 6.92 Å². The van der Waals surface area contributed by atoms with E-state index < -0.39 is 6.09 Å². The summed E-state index contributed by atoms with van der Waals surface area (Å²) in [5.74, 6) is 0. The van der Waals surface area contributed by atoms with Gasteiger partial charge >= 0.3 is 35.7 Å². The molecule has 0 heterocycles. The summed E-state index contributed by atoms with van der Waals surface area (Å²) in [5, 5.41) is 0. The summed E-state index contributed by atoms with van der Waals surface area (Å²) in [6.07, 6.45) is -0.556. The summed E-state index contributed by atoms with van der Waals surface area (Å²) in [5.41, 5.74) is 0. The van der Waals surface area contributed by atoms with Crippen LogP contribution >= 0.6 is 25.6 Å². The molecule has 0 N–H and O–H groups in total. The zero-order chi connectivity index (χ0) is 6.57. The van der Waals surface area contributed by atoms with Crippen molar-refractivity contribution in [3.05, 3.63) is 0 Å². The number of ether oxygens (including phenoxy) is 1. The van der Waals surface area contributed by atoms with Crippen LogP contribution in [0.25, 0.3) is 0 Å². The maximum atomic E-state index is 10.3. The van der Waals surface area contributed by atoms with Crippen molar-refractivity contribution in [2.45, 2.75) is 6.92 Å². The minimum absolute atomic E-state index is 0. The van der Waals surface area contributed by atoms with Gasteiger partial charge in [-0.25, -0.2) is 4.79 Å². The van der Waals surface area contributed by atoms with Crippen molar-refractivity contribution < 1.29 is 9.53 Å². The molecule has 0 aromatic carbocycles. The van der Waals surface area contributed by atoms with Crippen molar-refractivity contribution in [3.63, 3.8) is 0 Å². The molecule has 0 aliphatic heterocycles. The fourth-order valence-corrected chi connectivity index (χ4v) is 0.297. The Labute approximate surface area is 87.5 Å². The third-order valence-corrected chi connectivity index (χ3v) is 0.758. The molecule has 0 fully saturated rings. The molecule has 0 aromatic heterocycles. The molecule has 0 aliphatic carbocycles. The number of rotatable bonds is 1. The van der Waals surface area contributed by atoms with E-state index in [1.165, 1.54) is 0 Å². The van der Waals surface area contributed by atoms with Crippen LogP contribution < -0.4 is 0 Å². The molecular weight excluding hydrogens is 169 g/mol. The first-order valence-corrected chi connectivity index (χ1v) is 2.83. The van der Waals surface area contributed by atoms with Crippen LogP contribution in [0.4, 0.5) is 4.79 Å². The Bertz CT molecular complexity index is 89.9. The summed E-state index contributed by atoms with van der Waals surface area (Å²) >= 11 is 7.10. The van der Waals surface area contributed by atoms with E-state index in [0.717, 1.165) is 3.71 Å². The second-order valence-electron chi connectivity index (χ2n) is 0.988. The fourth-order valence-electron chi connectivity index (χ4n) is 0.181. The number of thiol groups is 2. The first-order valence-electron chi connectivity index (χ1n) is 2.03. The molecule has 0 unspecified atom stereocenters. The predicted octanol–water partition coefficient (Wildman–Crippen LogP) is 0.486. The van der Waals surface area contributed by atoms with Crippen molar-refractivity contribution in [1.82, 2.24) is 3.71 Å². The van der Waals surface area contributed by atoms with Gasteiger partial charge in [0.05, 0.1) is 6.61 Å². The number of hydrogen-bond acceptors (Lipinski definition) is 4. The number of nitrogens with zero attached hydrogens (tertiary/aromatic N) is 1. The van der Waals surface area contributed by atoms with Gasteiger partial charge in [-0.2, -0.15) is 3.71 Å². The van der Waals surface area contributed by atoms with Gasteiger partial charge in [-0.05, 0) is 32.6 Å². The van der Waals surface area contributed by atoms with Crippen molar-refractivity contribution in [2.24, 2.45) is 0 Å². The van der Waals surface area contributed by atoms with Gasteiger partial charge in [0.1, 0.15) is 0 Å². The first kappa shape index (κ1) is 12.6. The predicted molar refractivity (Wildman–Crippen MR) is 44.0 cm³/mol. The molecule has 0 aromatic rings. The Morgan fingerprint density at radius 2 is 2.11 bits per heavy atom. The Balaban J connectivity index is 0. The van der Waals surface area contributed by atoms with E-state index in [0.29, 0.717) is 6.61 Å². The van der Waals surface area contributed by atoms with Crippen molar-refractivity contribution in [2.75, 3.05) is 6.61 Å². The number of carbonyl (C=O) groups excluding carboxylic acids is 1. The normalized spacial score (nSPS) is 7.44. The van der Waals surface area contributed by atoms with Gasteiger partial charge in [-0.3, -0.25) is 0 Å². The summed E-state index contributed by atoms with van der Waals surface area (Å²) in [7, 11) is 0. The van der Waals surface area contributed by atoms with Crippen LogP contribution in [0.3, 0.4) is 0 Å². The standard InChI is InChI=1S/C3H7NO2S2.Na.H/c1-2-6-3(5)4(7)8;;/h7-8H,2H2,1H3;;. The maximum absolute atomic E-state index is 10.3. The summed E-state index contributed by atoms with van der Waals surface area (Å²) in [4.78, 5) is 10.3. The van der Waals surface area contributed by atoms with Crippen LogP contribution in [0.15, 0.2) is 0 Å². The number of carbonyl (C=O) groups is 1. The van der Waals surface area contributed by atoms with Gasteiger partial charge < -0.3 is 4.74 Å². The summed E-state index contributed by atoms with van der Waals surface area (Å²) < 4.78 is 5.22. The van der Waals surface area contributed by atoms with Crippen LogP contribution in [0.5, 0.6) is 0 Å². The number of hydrogen-bond donors (Lipinski definition) is 2. The van der Waals surface area contributed by atoms with Crippen molar-refractivity contribution in [3.8, 4) is 0 Å². The fraction of sp³-hybridized carbons (Fsp3) is 0.667. The van der Waals surface area contributed by atoms with Gasteiger partial charge in [0, 0.05) is 0 Å². The average Bonchev–Trinajstić information content (AvgIpc) is 1.67. The van der Waals surface area contributed by atoms with Crippen LogP contribution in [-0.2, 0) is 4.74 Å². The molecule has 6 heteroatoms. The molecule has 9 heavy (non-hydrogen) atoms. The Hall–Kier alpha value is 0.970. The van der Waals surface area contributed by atoms with Gasteiger partial charge in [0.2, 0.25) is 0 Å². The summed E-state index contributed by atoms with van der Waals surface area (Å²) in [6.45, 7) is 2.05. The number of amides is 1. The van der Waals surface area contributed by atoms with Crippen molar-refractivity contribution in [1.29, 1.82) is 0 Å². The minimum atomic E-state index is -0.556. The molecule has 0 saturated carbocycles. The second-order valence-corrected chi connectivity index (χ2v) is 2.10. The molecule has 0 atom stereocenters. The molecule has 0 saturated heterocycles. The molecule has 0 bridgehead atoms.